The van der Waals surface area contributed by atoms with Gasteiger partial charge in [0.05, 0.1) is 19.6 Å². The molecule has 4 N–H and O–H groups in total. The lowest BCUT2D eigenvalue weighted by Gasteiger charge is -2.03. The van der Waals surface area contributed by atoms with Crippen molar-refractivity contribution in [3.05, 3.63) is 0 Å². The van der Waals surface area contributed by atoms with Crippen molar-refractivity contribution in [1.29, 1.82) is 0 Å². The topological polar surface area (TPSA) is 119 Å². The first-order chi connectivity index (χ1) is 9.72. The first-order valence-corrected chi connectivity index (χ1v) is 6.83. The lowest BCUT2D eigenvalue weighted by molar-refractivity contribution is -0.297. The van der Waals surface area contributed by atoms with E-state index >= 15 is 0 Å². The molecular weight excluding hydrogens is 266 g/mol. The number of amides is 1. The Labute approximate surface area is 116 Å². The summed E-state index contributed by atoms with van der Waals surface area (Å²) >= 11 is 0. The van der Waals surface area contributed by atoms with Gasteiger partial charge < -0.3 is 20.9 Å². The van der Waals surface area contributed by atoms with Gasteiger partial charge in [0.25, 0.3) is 0 Å². The quantitative estimate of drug-likeness (QED) is 0.199. The SMILES string of the molecule is NC1C2C(=NC3OC3CNC(=O)CCOOCCO)C12. The Morgan fingerprint density at radius 2 is 2.15 bits per heavy atom. The molecule has 8 nitrogen and oxygen atoms in total. The number of nitrogens with one attached hydrogen (secondary N) is 1. The number of aliphatic hydroxyl groups is 1. The van der Waals surface area contributed by atoms with Gasteiger partial charge >= 0.3 is 0 Å². The fourth-order valence-corrected chi connectivity index (χ4v) is 2.21. The van der Waals surface area contributed by atoms with Gasteiger partial charge in [-0.2, -0.15) is 0 Å². The number of hydrogen-bond donors (Lipinski definition) is 3. The molecule has 1 aliphatic heterocycles. The summed E-state index contributed by atoms with van der Waals surface area (Å²) in [6.45, 7) is 0.608. The maximum atomic E-state index is 11.4. The van der Waals surface area contributed by atoms with Crippen LogP contribution in [0.2, 0.25) is 0 Å². The van der Waals surface area contributed by atoms with Crippen molar-refractivity contribution >= 4 is 11.6 Å². The third kappa shape index (κ3) is 3.15. The van der Waals surface area contributed by atoms with E-state index in [-0.39, 0.29) is 44.5 Å². The van der Waals surface area contributed by atoms with Crippen molar-refractivity contribution in [3.8, 4) is 0 Å². The molecule has 3 fully saturated rings. The van der Waals surface area contributed by atoms with Gasteiger partial charge in [0.15, 0.2) is 6.23 Å². The Kier molecular flexibility index (Phi) is 3.99. The second-order valence-electron chi connectivity index (χ2n) is 5.17. The molecule has 0 radical (unpaired) electrons. The molecule has 2 saturated carbocycles. The lowest BCUT2D eigenvalue weighted by Crippen LogP contribution is -2.29. The predicted molar refractivity (Wildman–Crippen MR) is 67.7 cm³/mol. The third-order valence-electron chi connectivity index (χ3n) is 3.65. The standard InChI is InChI=1S/C12H19N3O5/c13-10-8-9(10)11(8)15-12-6(20-12)5-14-7(17)1-3-18-19-4-2-16/h6,8-10,12,16H,1-5,13H2,(H,14,17). The minimum absolute atomic E-state index is 0.0192. The van der Waals surface area contributed by atoms with E-state index in [4.69, 9.17) is 20.5 Å². The highest BCUT2D eigenvalue weighted by Gasteiger charge is 2.70. The molecule has 1 amide bonds. The Bertz CT molecular complexity index is 404. The van der Waals surface area contributed by atoms with Gasteiger partial charge in [0.2, 0.25) is 5.91 Å². The van der Waals surface area contributed by atoms with Crippen LogP contribution in [0, 0.1) is 11.8 Å². The molecule has 3 rings (SSSR count). The van der Waals surface area contributed by atoms with Crippen molar-refractivity contribution in [2.24, 2.45) is 22.6 Å². The average molecular weight is 285 g/mol. The maximum absolute atomic E-state index is 11.4. The van der Waals surface area contributed by atoms with Crippen LogP contribution >= 0.6 is 0 Å². The minimum atomic E-state index is -0.129. The van der Waals surface area contributed by atoms with E-state index in [1.807, 2.05) is 0 Å². The minimum Gasteiger partial charge on any atom is -0.394 e. The number of carbonyl (C=O) groups excluding carboxylic acids is 1. The van der Waals surface area contributed by atoms with Crippen LogP contribution in [0.25, 0.3) is 0 Å². The monoisotopic (exact) mass is 285 g/mol. The molecule has 0 aromatic heterocycles. The van der Waals surface area contributed by atoms with Gasteiger partial charge in [-0.3, -0.25) is 9.79 Å². The molecule has 4 atom stereocenters. The second-order valence-corrected chi connectivity index (χ2v) is 5.17. The lowest BCUT2D eigenvalue weighted by atomic mass is 10.3. The van der Waals surface area contributed by atoms with Crippen LogP contribution in [0.5, 0.6) is 0 Å². The zero-order valence-electron chi connectivity index (χ0n) is 11.0. The molecular formula is C12H19N3O5. The van der Waals surface area contributed by atoms with Gasteiger partial charge in [-0.15, -0.1) is 0 Å². The first-order valence-electron chi connectivity index (χ1n) is 6.83. The summed E-state index contributed by atoms with van der Waals surface area (Å²) in [6.07, 6.45) is 0.0831. The van der Waals surface area contributed by atoms with Crippen molar-refractivity contribution in [2.45, 2.75) is 24.8 Å². The summed E-state index contributed by atoms with van der Waals surface area (Å²) < 4.78 is 5.35. The van der Waals surface area contributed by atoms with Gasteiger partial charge in [0, 0.05) is 30.1 Å². The van der Waals surface area contributed by atoms with E-state index in [1.54, 1.807) is 0 Å². The number of hydrogen-bond acceptors (Lipinski definition) is 7. The second kappa shape index (κ2) is 5.74. The predicted octanol–water partition coefficient (Wildman–Crippen LogP) is -1.81. The summed E-state index contributed by atoms with van der Waals surface area (Å²) in [7, 11) is 0. The molecule has 20 heavy (non-hydrogen) atoms. The summed E-state index contributed by atoms with van der Waals surface area (Å²) in [4.78, 5) is 25.1. The van der Waals surface area contributed by atoms with Gasteiger partial charge in [0.1, 0.15) is 12.7 Å². The highest BCUT2D eigenvalue weighted by atomic mass is 17.2. The molecule has 112 valence electrons. The summed E-state index contributed by atoms with van der Waals surface area (Å²) in [5.41, 5.74) is 6.88. The normalized spacial score (nSPS) is 36.3. The largest absolute Gasteiger partial charge is 0.394 e. The number of aliphatic imine (C=N–C) groups is 1. The molecule has 4 unspecified atom stereocenters. The summed E-state index contributed by atoms with van der Waals surface area (Å²) in [6, 6.07) is 0.332. The average Bonchev–Trinajstić information content (AvgIpc) is 3.33. The Morgan fingerprint density at radius 1 is 1.40 bits per heavy atom. The highest BCUT2D eigenvalue weighted by molar-refractivity contribution is 6.13. The van der Waals surface area contributed by atoms with Crippen molar-refractivity contribution in [2.75, 3.05) is 26.4 Å². The first kappa shape index (κ1) is 13.9. The zero-order valence-corrected chi connectivity index (χ0v) is 11.0. The number of epoxide rings is 1. The van der Waals surface area contributed by atoms with Crippen molar-refractivity contribution in [1.82, 2.24) is 5.32 Å². The molecule has 0 bridgehead atoms. The molecule has 0 spiro atoms. The number of aliphatic hydroxyl groups excluding tert-OH is 1. The fourth-order valence-electron chi connectivity index (χ4n) is 2.21. The van der Waals surface area contributed by atoms with Crippen LogP contribution in [-0.4, -0.2) is 61.5 Å². The van der Waals surface area contributed by atoms with Crippen LogP contribution in [-0.2, 0) is 19.3 Å². The smallest absolute Gasteiger partial charge is 0.222 e. The number of fused-ring (bicyclic) bond motifs is 1. The molecule has 8 heteroatoms. The number of nitrogens with two attached hydrogens (primary N) is 1. The number of rotatable bonds is 9. The van der Waals surface area contributed by atoms with Gasteiger partial charge in [-0.25, -0.2) is 9.78 Å². The van der Waals surface area contributed by atoms with E-state index < -0.39 is 0 Å². The Balaban J connectivity index is 1.21. The Morgan fingerprint density at radius 3 is 2.85 bits per heavy atom. The zero-order chi connectivity index (χ0) is 14.1. The maximum Gasteiger partial charge on any atom is 0.222 e. The molecule has 0 aromatic carbocycles. The summed E-state index contributed by atoms with van der Waals surface area (Å²) in [5.74, 6) is 0.909. The molecule has 1 saturated heterocycles. The summed E-state index contributed by atoms with van der Waals surface area (Å²) in [5, 5.41) is 11.2. The fraction of sp³-hybridized carbons (Fsp3) is 0.833. The van der Waals surface area contributed by atoms with Crippen molar-refractivity contribution < 1.29 is 24.4 Å². The van der Waals surface area contributed by atoms with E-state index in [2.05, 4.69) is 15.2 Å². The van der Waals surface area contributed by atoms with Gasteiger partial charge in [-0.1, -0.05) is 0 Å². The Hall–Kier alpha value is -1.06. The van der Waals surface area contributed by atoms with Crippen LogP contribution in [0.15, 0.2) is 4.99 Å². The van der Waals surface area contributed by atoms with Crippen LogP contribution < -0.4 is 11.1 Å². The molecule has 0 aromatic rings. The van der Waals surface area contributed by atoms with E-state index in [0.717, 1.165) is 0 Å². The van der Waals surface area contributed by atoms with E-state index in [9.17, 15) is 4.79 Å². The molecule has 2 aliphatic carbocycles. The van der Waals surface area contributed by atoms with E-state index in [1.165, 1.54) is 5.71 Å². The van der Waals surface area contributed by atoms with E-state index in [0.29, 0.717) is 24.4 Å². The number of ether oxygens (including phenoxy) is 1. The highest BCUT2D eigenvalue weighted by Crippen LogP contribution is 2.58. The number of carbonyl (C=O) groups is 1. The van der Waals surface area contributed by atoms with Gasteiger partial charge in [-0.05, 0) is 0 Å². The third-order valence-corrected chi connectivity index (χ3v) is 3.65. The molecule has 3 aliphatic rings. The van der Waals surface area contributed by atoms with Crippen LogP contribution in [0.1, 0.15) is 6.42 Å². The van der Waals surface area contributed by atoms with Crippen molar-refractivity contribution in [3.63, 3.8) is 0 Å². The number of nitrogens with zero attached hydrogens (tertiary/aromatic N) is 1. The van der Waals surface area contributed by atoms with Crippen LogP contribution in [0.4, 0.5) is 0 Å². The van der Waals surface area contributed by atoms with Crippen LogP contribution in [0.3, 0.4) is 0 Å². The molecule has 1 heterocycles.